The molecule has 16 heavy (non-hydrogen) atoms. The first-order valence-corrected chi connectivity index (χ1v) is 4.49. The predicted molar refractivity (Wildman–Crippen MR) is 50.5 cm³/mol. The number of carbonyl (C=O) groups is 1. The van der Waals surface area contributed by atoms with Crippen LogP contribution in [0.25, 0.3) is 0 Å². The van der Waals surface area contributed by atoms with Gasteiger partial charge >= 0.3 is 12.0 Å². The van der Waals surface area contributed by atoms with Crippen molar-refractivity contribution in [3.8, 4) is 5.75 Å². The van der Waals surface area contributed by atoms with Crippen molar-refractivity contribution >= 4 is 5.91 Å². The average molecular weight is 234 g/mol. The SMILES string of the molecule is CC(C)n1cc(OC(F)(F)C(=O)NN)cn1. The zero-order valence-corrected chi connectivity index (χ0v) is 8.78. The number of nitrogens with one attached hydrogen (secondary N) is 1. The van der Waals surface area contributed by atoms with Crippen LogP contribution in [-0.4, -0.2) is 21.8 Å². The zero-order valence-electron chi connectivity index (χ0n) is 8.78. The first-order chi connectivity index (χ1) is 7.36. The third kappa shape index (κ3) is 2.66. The van der Waals surface area contributed by atoms with Crippen molar-refractivity contribution in [2.45, 2.75) is 26.0 Å². The van der Waals surface area contributed by atoms with Gasteiger partial charge in [0.1, 0.15) is 0 Å². The Morgan fingerprint density at radius 1 is 1.69 bits per heavy atom. The second-order valence-electron chi connectivity index (χ2n) is 3.34. The maximum Gasteiger partial charge on any atom is 0.483 e. The van der Waals surface area contributed by atoms with E-state index in [4.69, 9.17) is 0 Å². The maximum absolute atomic E-state index is 13.0. The van der Waals surface area contributed by atoms with Crippen molar-refractivity contribution in [1.82, 2.24) is 15.2 Å². The monoisotopic (exact) mass is 234 g/mol. The highest BCUT2D eigenvalue weighted by Gasteiger charge is 2.42. The summed E-state index contributed by atoms with van der Waals surface area (Å²) in [7, 11) is 0. The van der Waals surface area contributed by atoms with Crippen LogP contribution in [0, 0.1) is 0 Å². The Morgan fingerprint density at radius 2 is 2.31 bits per heavy atom. The molecule has 0 aromatic carbocycles. The van der Waals surface area contributed by atoms with E-state index in [1.54, 1.807) is 0 Å². The number of rotatable bonds is 4. The quantitative estimate of drug-likeness (QED) is 0.449. The molecule has 1 aromatic heterocycles. The number of halogens is 2. The van der Waals surface area contributed by atoms with Crippen molar-refractivity contribution in [2.24, 2.45) is 5.84 Å². The number of aromatic nitrogens is 2. The molecule has 0 bridgehead atoms. The van der Waals surface area contributed by atoms with Gasteiger partial charge in [-0.15, -0.1) is 0 Å². The Morgan fingerprint density at radius 3 is 2.75 bits per heavy atom. The van der Waals surface area contributed by atoms with Crippen molar-refractivity contribution in [1.29, 1.82) is 0 Å². The minimum Gasteiger partial charge on any atom is -0.422 e. The van der Waals surface area contributed by atoms with Gasteiger partial charge < -0.3 is 4.74 Å². The van der Waals surface area contributed by atoms with E-state index < -0.39 is 12.0 Å². The molecular formula is C8H12F2N4O2. The van der Waals surface area contributed by atoms with E-state index in [9.17, 15) is 13.6 Å². The van der Waals surface area contributed by atoms with E-state index in [2.05, 4.69) is 15.7 Å². The highest BCUT2D eigenvalue weighted by molar-refractivity contribution is 5.81. The highest BCUT2D eigenvalue weighted by Crippen LogP contribution is 2.21. The molecule has 0 spiro atoms. The molecule has 1 aromatic rings. The molecule has 90 valence electrons. The van der Waals surface area contributed by atoms with Gasteiger partial charge in [-0.05, 0) is 13.8 Å². The number of alkyl halides is 2. The summed E-state index contributed by atoms with van der Waals surface area (Å²) < 4.78 is 31.5. The summed E-state index contributed by atoms with van der Waals surface area (Å²) in [5.74, 6) is 2.66. The van der Waals surface area contributed by atoms with Gasteiger partial charge in [-0.2, -0.15) is 13.9 Å². The van der Waals surface area contributed by atoms with Crippen LogP contribution in [0.3, 0.4) is 0 Å². The highest BCUT2D eigenvalue weighted by atomic mass is 19.3. The molecule has 8 heteroatoms. The molecule has 0 aliphatic carbocycles. The maximum atomic E-state index is 13.0. The van der Waals surface area contributed by atoms with Crippen molar-refractivity contribution in [3.63, 3.8) is 0 Å². The van der Waals surface area contributed by atoms with Gasteiger partial charge in [-0.3, -0.25) is 14.9 Å². The summed E-state index contributed by atoms with van der Waals surface area (Å²) in [6, 6.07) is 0.00862. The topological polar surface area (TPSA) is 82.2 Å². The fourth-order valence-corrected chi connectivity index (χ4v) is 0.934. The standard InChI is InChI=1S/C8H12F2N4O2/c1-5(2)14-4-6(3-12-14)16-8(9,10)7(15)13-11/h3-5H,11H2,1-2H3,(H,13,15). The van der Waals surface area contributed by atoms with E-state index in [0.29, 0.717) is 0 Å². The number of hydrazine groups is 1. The first kappa shape index (κ1) is 12.4. The Balaban J connectivity index is 2.76. The number of nitrogens with two attached hydrogens (primary N) is 1. The first-order valence-electron chi connectivity index (χ1n) is 4.49. The van der Waals surface area contributed by atoms with Crippen LogP contribution in [0.5, 0.6) is 5.75 Å². The molecule has 1 amide bonds. The minimum absolute atomic E-state index is 0.00862. The molecule has 1 heterocycles. The largest absolute Gasteiger partial charge is 0.483 e. The Hall–Kier alpha value is -1.70. The van der Waals surface area contributed by atoms with Gasteiger partial charge in [-0.1, -0.05) is 0 Å². The van der Waals surface area contributed by atoms with Crippen molar-refractivity contribution in [2.75, 3.05) is 0 Å². The Labute approximate surface area is 90.3 Å². The van der Waals surface area contributed by atoms with E-state index in [1.807, 2.05) is 13.8 Å². The van der Waals surface area contributed by atoms with Gasteiger partial charge in [0, 0.05) is 6.04 Å². The number of amides is 1. The summed E-state index contributed by atoms with van der Waals surface area (Å²) in [4.78, 5) is 10.6. The molecule has 0 aliphatic heterocycles. The molecule has 0 unspecified atom stereocenters. The molecule has 0 fully saturated rings. The van der Waals surface area contributed by atoms with E-state index in [1.165, 1.54) is 16.3 Å². The lowest BCUT2D eigenvalue weighted by Crippen LogP contribution is -2.47. The smallest absolute Gasteiger partial charge is 0.422 e. The second-order valence-corrected chi connectivity index (χ2v) is 3.34. The van der Waals surface area contributed by atoms with Crippen LogP contribution in [0.1, 0.15) is 19.9 Å². The molecular weight excluding hydrogens is 222 g/mol. The van der Waals surface area contributed by atoms with E-state index in [-0.39, 0.29) is 11.8 Å². The molecule has 0 atom stereocenters. The number of hydrogen-bond acceptors (Lipinski definition) is 4. The molecule has 3 N–H and O–H groups in total. The fourth-order valence-electron chi connectivity index (χ4n) is 0.934. The van der Waals surface area contributed by atoms with Crippen molar-refractivity contribution < 1.29 is 18.3 Å². The van der Waals surface area contributed by atoms with Crippen LogP contribution in [0.2, 0.25) is 0 Å². The molecule has 0 aliphatic rings. The lowest BCUT2D eigenvalue weighted by atomic mass is 10.4. The molecule has 1 rings (SSSR count). The van der Waals surface area contributed by atoms with Gasteiger partial charge in [0.2, 0.25) is 0 Å². The van der Waals surface area contributed by atoms with E-state index >= 15 is 0 Å². The molecule has 6 nitrogen and oxygen atoms in total. The summed E-state index contributed by atoms with van der Waals surface area (Å²) >= 11 is 0. The lowest BCUT2D eigenvalue weighted by Gasteiger charge is -2.13. The number of carbonyl (C=O) groups excluding carboxylic acids is 1. The number of hydrogen-bond donors (Lipinski definition) is 2. The summed E-state index contributed by atoms with van der Waals surface area (Å²) in [6.45, 7) is 3.64. The van der Waals surface area contributed by atoms with Crippen molar-refractivity contribution in [3.05, 3.63) is 12.4 Å². The molecule has 0 saturated carbocycles. The third-order valence-electron chi connectivity index (χ3n) is 1.75. The Bertz CT molecular complexity index is 378. The van der Waals surface area contributed by atoms with E-state index in [0.717, 1.165) is 6.20 Å². The van der Waals surface area contributed by atoms with Gasteiger partial charge in [0.15, 0.2) is 5.75 Å². The number of nitrogens with zero attached hydrogens (tertiary/aromatic N) is 2. The molecule has 0 radical (unpaired) electrons. The summed E-state index contributed by atoms with van der Waals surface area (Å²) in [5.41, 5.74) is 1.31. The minimum atomic E-state index is -4.01. The third-order valence-corrected chi connectivity index (χ3v) is 1.75. The average Bonchev–Trinajstić information content (AvgIpc) is 2.64. The van der Waals surface area contributed by atoms with Gasteiger partial charge in [0.25, 0.3) is 0 Å². The number of ether oxygens (including phenoxy) is 1. The summed E-state index contributed by atoms with van der Waals surface area (Å²) in [5, 5.41) is 3.78. The van der Waals surface area contributed by atoms with Crippen LogP contribution in [0.4, 0.5) is 8.78 Å². The fraction of sp³-hybridized carbons (Fsp3) is 0.500. The van der Waals surface area contributed by atoms with Crippen LogP contribution in [-0.2, 0) is 4.79 Å². The zero-order chi connectivity index (χ0) is 12.3. The van der Waals surface area contributed by atoms with Crippen LogP contribution >= 0.6 is 0 Å². The Kier molecular flexibility index (Phi) is 3.43. The lowest BCUT2D eigenvalue weighted by molar-refractivity contribution is -0.192. The molecule has 0 saturated heterocycles. The second kappa shape index (κ2) is 4.44. The van der Waals surface area contributed by atoms with Gasteiger partial charge in [-0.25, -0.2) is 5.84 Å². The normalized spacial score (nSPS) is 11.6. The summed E-state index contributed by atoms with van der Waals surface area (Å²) in [6.07, 6.45) is -1.65. The predicted octanol–water partition coefficient (Wildman–Crippen LogP) is 0.425. The van der Waals surface area contributed by atoms with Crippen LogP contribution < -0.4 is 16.0 Å². The van der Waals surface area contributed by atoms with Crippen LogP contribution in [0.15, 0.2) is 12.4 Å². The van der Waals surface area contributed by atoms with Gasteiger partial charge in [0.05, 0.1) is 12.4 Å².